The highest BCUT2D eigenvalue weighted by Crippen LogP contribution is 2.13. The Morgan fingerprint density at radius 1 is 1.56 bits per heavy atom. The van der Waals surface area contributed by atoms with Gasteiger partial charge in [0.25, 0.3) is 0 Å². The van der Waals surface area contributed by atoms with Gasteiger partial charge < -0.3 is 10.5 Å². The van der Waals surface area contributed by atoms with E-state index in [-0.39, 0.29) is 5.78 Å². The third-order valence-electron chi connectivity index (χ3n) is 2.22. The fourth-order valence-electron chi connectivity index (χ4n) is 1.31. The molecule has 2 N–H and O–H groups in total. The molecular weight excluding hydrogens is 226 g/mol. The molecule has 0 aliphatic rings. The fraction of sp³-hybridized carbons (Fsp3) is 0.455. The van der Waals surface area contributed by atoms with Crippen LogP contribution >= 0.6 is 11.3 Å². The topological polar surface area (TPSA) is 69.4 Å². The summed E-state index contributed by atoms with van der Waals surface area (Å²) in [6.07, 6.45) is 1.50. The molecule has 1 aromatic heterocycles. The molecule has 0 saturated carbocycles. The second kappa shape index (κ2) is 6.40. The third kappa shape index (κ3) is 3.75. The van der Waals surface area contributed by atoms with Crippen molar-refractivity contribution in [2.45, 2.75) is 25.3 Å². The number of Topliss-reactive ketones (excluding diaryl/α,β-unsaturated/α-hetero) is 1. The molecule has 4 nitrogen and oxygen atoms in total. The van der Waals surface area contributed by atoms with Crippen LogP contribution in [-0.2, 0) is 9.53 Å². The molecule has 0 aliphatic carbocycles. The van der Waals surface area contributed by atoms with E-state index in [0.29, 0.717) is 19.3 Å². The van der Waals surface area contributed by atoms with Gasteiger partial charge in [0.1, 0.15) is 6.04 Å². The van der Waals surface area contributed by atoms with E-state index in [2.05, 4.69) is 4.74 Å². The van der Waals surface area contributed by atoms with Crippen LogP contribution in [0.15, 0.2) is 17.5 Å². The number of esters is 1. The van der Waals surface area contributed by atoms with Crippen LogP contribution in [0.5, 0.6) is 0 Å². The summed E-state index contributed by atoms with van der Waals surface area (Å²) in [5.41, 5.74) is 5.55. The first-order valence-electron chi connectivity index (χ1n) is 5.05. The van der Waals surface area contributed by atoms with Crippen molar-refractivity contribution in [1.29, 1.82) is 0 Å². The van der Waals surface area contributed by atoms with Crippen molar-refractivity contribution in [3.05, 3.63) is 22.4 Å². The summed E-state index contributed by atoms with van der Waals surface area (Å²) in [5.74, 6) is -0.323. The molecule has 16 heavy (non-hydrogen) atoms. The van der Waals surface area contributed by atoms with Gasteiger partial charge in [-0.2, -0.15) is 0 Å². The number of carbonyl (C=O) groups is 2. The van der Waals surface area contributed by atoms with E-state index in [1.165, 1.54) is 18.4 Å². The van der Waals surface area contributed by atoms with Crippen LogP contribution < -0.4 is 5.73 Å². The number of carbonyl (C=O) groups excluding carboxylic acids is 2. The number of nitrogens with two attached hydrogens (primary N) is 1. The highest BCUT2D eigenvalue weighted by Gasteiger charge is 2.14. The van der Waals surface area contributed by atoms with Crippen molar-refractivity contribution >= 4 is 23.1 Å². The van der Waals surface area contributed by atoms with Crippen LogP contribution in [0, 0.1) is 0 Å². The molecule has 1 unspecified atom stereocenters. The summed E-state index contributed by atoms with van der Waals surface area (Å²) in [4.78, 5) is 23.3. The van der Waals surface area contributed by atoms with Crippen LogP contribution in [0.1, 0.15) is 28.9 Å². The predicted octanol–water partition coefficient (Wildman–Crippen LogP) is 1.60. The largest absolute Gasteiger partial charge is 0.468 e. The van der Waals surface area contributed by atoms with E-state index in [9.17, 15) is 9.59 Å². The normalized spacial score (nSPS) is 12.1. The first-order valence-corrected chi connectivity index (χ1v) is 5.93. The van der Waals surface area contributed by atoms with Gasteiger partial charge in [0, 0.05) is 6.42 Å². The summed E-state index contributed by atoms with van der Waals surface area (Å²) in [5, 5.41) is 1.87. The maximum atomic E-state index is 11.6. The maximum absolute atomic E-state index is 11.6. The molecule has 1 rings (SSSR count). The van der Waals surface area contributed by atoms with E-state index < -0.39 is 12.0 Å². The van der Waals surface area contributed by atoms with Gasteiger partial charge in [-0.05, 0) is 24.3 Å². The standard InChI is InChI=1S/C11H15NO3S/c1-15-11(14)8(12)4-2-5-9(13)10-6-3-7-16-10/h3,6-8H,2,4-5,12H2,1H3. The Bertz CT molecular complexity index is 348. The Kier molecular flexibility index (Phi) is 5.14. The molecule has 1 heterocycles. The van der Waals surface area contributed by atoms with Gasteiger partial charge >= 0.3 is 5.97 Å². The van der Waals surface area contributed by atoms with Crippen LogP contribution in [0.25, 0.3) is 0 Å². The molecular formula is C11H15NO3S. The third-order valence-corrected chi connectivity index (χ3v) is 3.13. The monoisotopic (exact) mass is 241 g/mol. The Hall–Kier alpha value is -1.20. The molecule has 88 valence electrons. The number of thiophene rings is 1. The Labute approximate surface area is 98.4 Å². The average molecular weight is 241 g/mol. The van der Waals surface area contributed by atoms with Crippen LogP contribution in [0.3, 0.4) is 0 Å². The zero-order chi connectivity index (χ0) is 12.0. The van der Waals surface area contributed by atoms with E-state index >= 15 is 0 Å². The number of hydrogen-bond donors (Lipinski definition) is 1. The molecule has 1 atom stereocenters. The summed E-state index contributed by atoms with van der Waals surface area (Å²) >= 11 is 1.43. The van der Waals surface area contributed by atoms with E-state index in [1.54, 1.807) is 6.07 Å². The van der Waals surface area contributed by atoms with Crippen LogP contribution in [0.4, 0.5) is 0 Å². The van der Waals surface area contributed by atoms with Crippen molar-refractivity contribution in [3.63, 3.8) is 0 Å². The minimum Gasteiger partial charge on any atom is -0.468 e. The lowest BCUT2D eigenvalue weighted by molar-refractivity contribution is -0.142. The van der Waals surface area contributed by atoms with Crippen molar-refractivity contribution in [2.75, 3.05) is 7.11 Å². The number of rotatable bonds is 6. The van der Waals surface area contributed by atoms with Gasteiger partial charge in [-0.3, -0.25) is 9.59 Å². The molecule has 0 aliphatic heterocycles. The maximum Gasteiger partial charge on any atom is 0.322 e. The zero-order valence-electron chi connectivity index (χ0n) is 9.14. The molecule has 0 bridgehead atoms. The fourth-order valence-corrected chi connectivity index (χ4v) is 2.01. The highest BCUT2D eigenvalue weighted by atomic mass is 32.1. The number of ketones is 1. The first-order chi connectivity index (χ1) is 7.65. The zero-order valence-corrected chi connectivity index (χ0v) is 9.96. The van der Waals surface area contributed by atoms with Crippen LogP contribution in [0.2, 0.25) is 0 Å². The van der Waals surface area contributed by atoms with Crippen molar-refractivity contribution in [3.8, 4) is 0 Å². The van der Waals surface area contributed by atoms with E-state index in [4.69, 9.17) is 5.73 Å². The Balaban J connectivity index is 2.26. The lowest BCUT2D eigenvalue weighted by Crippen LogP contribution is -2.31. The molecule has 5 heteroatoms. The second-order valence-corrected chi connectivity index (χ2v) is 4.37. The lowest BCUT2D eigenvalue weighted by atomic mass is 10.1. The lowest BCUT2D eigenvalue weighted by Gasteiger charge is -2.07. The van der Waals surface area contributed by atoms with E-state index in [0.717, 1.165) is 4.88 Å². The number of hydrogen-bond acceptors (Lipinski definition) is 5. The summed E-state index contributed by atoms with van der Waals surface area (Å²) in [6.45, 7) is 0. The molecule has 1 aromatic rings. The van der Waals surface area contributed by atoms with E-state index in [1.807, 2.05) is 11.4 Å². The van der Waals surface area contributed by atoms with Gasteiger partial charge in [-0.15, -0.1) is 11.3 Å². The molecule has 0 aromatic carbocycles. The summed E-state index contributed by atoms with van der Waals surface area (Å²) < 4.78 is 4.49. The molecule has 0 radical (unpaired) electrons. The average Bonchev–Trinajstić information content (AvgIpc) is 2.81. The van der Waals surface area contributed by atoms with Crippen molar-refractivity contribution in [1.82, 2.24) is 0 Å². The number of ether oxygens (including phenoxy) is 1. The van der Waals surface area contributed by atoms with Gasteiger partial charge in [0.2, 0.25) is 0 Å². The molecule has 0 fully saturated rings. The van der Waals surface area contributed by atoms with Gasteiger partial charge in [-0.1, -0.05) is 6.07 Å². The first kappa shape index (κ1) is 12.9. The smallest absolute Gasteiger partial charge is 0.322 e. The predicted molar refractivity (Wildman–Crippen MR) is 62.5 cm³/mol. The van der Waals surface area contributed by atoms with Gasteiger partial charge in [0.15, 0.2) is 5.78 Å². The quantitative estimate of drug-likeness (QED) is 0.606. The minimum atomic E-state index is -0.624. The molecule has 0 amide bonds. The SMILES string of the molecule is COC(=O)C(N)CCCC(=O)c1cccs1. The van der Waals surface area contributed by atoms with Gasteiger partial charge in [-0.25, -0.2) is 0 Å². The van der Waals surface area contributed by atoms with Gasteiger partial charge in [0.05, 0.1) is 12.0 Å². The second-order valence-electron chi connectivity index (χ2n) is 3.42. The van der Waals surface area contributed by atoms with Crippen molar-refractivity contribution < 1.29 is 14.3 Å². The molecule has 0 saturated heterocycles. The highest BCUT2D eigenvalue weighted by molar-refractivity contribution is 7.12. The minimum absolute atomic E-state index is 0.104. The Morgan fingerprint density at radius 3 is 2.88 bits per heavy atom. The Morgan fingerprint density at radius 2 is 2.31 bits per heavy atom. The van der Waals surface area contributed by atoms with Crippen molar-refractivity contribution in [2.24, 2.45) is 5.73 Å². The van der Waals surface area contributed by atoms with Crippen LogP contribution in [-0.4, -0.2) is 24.9 Å². The summed E-state index contributed by atoms with van der Waals surface area (Å²) in [6, 6.07) is 3.02. The summed E-state index contributed by atoms with van der Waals surface area (Å²) in [7, 11) is 1.30. The molecule has 0 spiro atoms. The number of methoxy groups -OCH3 is 1.